The number of halogens is 1. The van der Waals surface area contributed by atoms with E-state index in [-0.39, 0.29) is 0 Å². The summed E-state index contributed by atoms with van der Waals surface area (Å²) in [5.74, 6) is 0.971. The Morgan fingerprint density at radius 2 is 2.33 bits per heavy atom. The van der Waals surface area contributed by atoms with E-state index in [2.05, 4.69) is 0 Å². The van der Waals surface area contributed by atoms with Crippen molar-refractivity contribution in [1.29, 1.82) is 0 Å². The molecule has 0 aliphatic rings. The van der Waals surface area contributed by atoms with E-state index in [9.17, 15) is 4.79 Å². The van der Waals surface area contributed by atoms with Crippen molar-refractivity contribution in [3.63, 3.8) is 0 Å². The quantitative estimate of drug-likeness (QED) is 0.292. The van der Waals surface area contributed by atoms with Crippen LogP contribution in [0.5, 0.6) is 0 Å². The lowest BCUT2D eigenvalue weighted by Crippen LogP contribution is -2.09. The molecule has 2 nitrogen and oxygen atoms in total. The van der Waals surface area contributed by atoms with Gasteiger partial charge in [0.05, 0.1) is 0 Å². The van der Waals surface area contributed by atoms with Crippen molar-refractivity contribution in [2.24, 2.45) is 0 Å². The third kappa shape index (κ3) is 4.93. The van der Waals surface area contributed by atoms with E-state index in [1.807, 2.05) is 6.92 Å². The Morgan fingerprint density at radius 1 is 1.78 bits per heavy atom. The molecule has 0 atom stereocenters. The number of hydrogen-bond acceptors (Lipinski definition) is 3. The van der Waals surface area contributed by atoms with Gasteiger partial charge in [0.1, 0.15) is 0 Å². The average Bonchev–Trinajstić information content (AvgIpc) is 1.82. The second-order valence-electron chi connectivity index (χ2n) is 1.23. The van der Waals surface area contributed by atoms with E-state index in [1.165, 1.54) is 15.3 Å². The van der Waals surface area contributed by atoms with Gasteiger partial charge >= 0.3 is 5.37 Å². The van der Waals surface area contributed by atoms with Crippen LogP contribution >= 0.6 is 33.4 Å². The molecule has 0 saturated heterocycles. The van der Waals surface area contributed by atoms with Crippen molar-refractivity contribution in [3.8, 4) is 0 Å². The predicted molar refractivity (Wildman–Crippen MR) is 44.7 cm³/mol. The van der Waals surface area contributed by atoms with Gasteiger partial charge in [-0.05, 0) is 11.6 Å². The zero-order valence-corrected chi connectivity index (χ0v) is 7.65. The van der Waals surface area contributed by atoms with Gasteiger partial charge in [0.2, 0.25) is 0 Å². The van der Waals surface area contributed by atoms with Crippen LogP contribution in [0.1, 0.15) is 6.92 Å². The Bertz CT molecular complexity index is 101. The van der Waals surface area contributed by atoms with Crippen LogP contribution in [-0.2, 0) is 0 Å². The maximum Gasteiger partial charge on any atom is 0.326 e. The van der Waals surface area contributed by atoms with E-state index < -0.39 is 5.37 Å². The van der Waals surface area contributed by atoms with Gasteiger partial charge in [0, 0.05) is 23.8 Å². The average molecular weight is 186 g/mol. The summed E-state index contributed by atoms with van der Waals surface area (Å²) in [6.07, 6.45) is 0. The van der Waals surface area contributed by atoms with Gasteiger partial charge in [0.25, 0.3) is 0 Å². The van der Waals surface area contributed by atoms with Gasteiger partial charge in [-0.25, -0.2) is 0 Å². The Balaban J connectivity index is 3.27. The zero-order valence-electron chi connectivity index (χ0n) is 5.26. The van der Waals surface area contributed by atoms with Crippen LogP contribution in [0.15, 0.2) is 0 Å². The minimum atomic E-state index is -0.430. The first-order chi connectivity index (χ1) is 4.18. The Labute approximate surface area is 67.8 Å². The summed E-state index contributed by atoms with van der Waals surface area (Å²) in [6.45, 7) is 2.02. The van der Waals surface area contributed by atoms with Crippen molar-refractivity contribution in [1.82, 2.24) is 4.31 Å². The van der Waals surface area contributed by atoms with Crippen LogP contribution in [-0.4, -0.2) is 22.5 Å². The second-order valence-corrected chi connectivity index (χ2v) is 4.22. The predicted octanol–water partition coefficient (Wildman–Crippen LogP) is 2.59. The van der Waals surface area contributed by atoms with Gasteiger partial charge in [-0.2, -0.15) is 0 Å². The lowest BCUT2D eigenvalue weighted by molar-refractivity contribution is 0.251. The molecule has 0 aromatic rings. The first-order valence-corrected chi connectivity index (χ1v) is 5.06. The highest BCUT2D eigenvalue weighted by atomic mass is 35.5. The Hall–Kier alpha value is 0.460. The summed E-state index contributed by atoms with van der Waals surface area (Å²) in [6, 6.07) is 0. The van der Waals surface area contributed by atoms with E-state index in [4.69, 9.17) is 11.6 Å². The third-order valence-electron chi connectivity index (χ3n) is 0.530. The molecule has 0 aromatic carbocycles. The monoisotopic (exact) mass is 185 g/mol. The molecule has 0 radical (unpaired) electrons. The van der Waals surface area contributed by atoms with Crippen LogP contribution in [0.4, 0.5) is 4.79 Å². The fourth-order valence-electron chi connectivity index (χ4n) is 0.161. The summed E-state index contributed by atoms with van der Waals surface area (Å²) < 4.78 is 1.38. The maximum atomic E-state index is 10.3. The Kier molecular flexibility index (Phi) is 5.53. The minimum absolute atomic E-state index is 0.430. The normalized spacial score (nSPS) is 9.22. The topological polar surface area (TPSA) is 20.3 Å². The van der Waals surface area contributed by atoms with Crippen molar-refractivity contribution >= 4 is 38.7 Å². The lowest BCUT2D eigenvalue weighted by atomic mass is 11.0. The summed E-state index contributed by atoms with van der Waals surface area (Å²) >= 11 is 5.12. The van der Waals surface area contributed by atoms with Gasteiger partial charge in [-0.3, -0.25) is 9.10 Å². The molecule has 1 amide bonds. The third-order valence-corrected chi connectivity index (χ3v) is 3.31. The van der Waals surface area contributed by atoms with Gasteiger partial charge in [-0.15, -0.1) is 0 Å². The van der Waals surface area contributed by atoms with Crippen molar-refractivity contribution in [2.45, 2.75) is 6.92 Å². The summed E-state index contributed by atoms with van der Waals surface area (Å²) in [5.41, 5.74) is 0. The number of carbonyl (C=O) groups is 1. The largest absolute Gasteiger partial charge is 0.326 e. The summed E-state index contributed by atoms with van der Waals surface area (Å²) in [5, 5.41) is -0.430. The van der Waals surface area contributed by atoms with E-state index in [1.54, 1.807) is 17.8 Å². The lowest BCUT2D eigenvalue weighted by Gasteiger charge is -2.08. The highest BCUT2D eigenvalue weighted by Crippen LogP contribution is 2.24. The van der Waals surface area contributed by atoms with E-state index in [0.29, 0.717) is 0 Å². The molecule has 0 rings (SSSR count). The van der Waals surface area contributed by atoms with Crippen molar-refractivity contribution in [2.75, 3.05) is 12.8 Å². The molecule has 0 aliphatic carbocycles. The zero-order chi connectivity index (χ0) is 7.28. The molecule has 0 aromatic heterocycles. The molecule has 0 spiro atoms. The van der Waals surface area contributed by atoms with Crippen LogP contribution < -0.4 is 0 Å². The molecular weight excluding hydrogens is 178 g/mol. The van der Waals surface area contributed by atoms with Crippen molar-refractivity contribution < 1.29 is 4.79 Å². The van der Waals surface area contributed by atoms with Crippen molar-refractivity contribution in [3.05, 3.63) is 0 Å². The maximum absolute atomic E-state index is 10.3. The van der Waals surface area contributed by atoms with Crippen LogP contribution in [0.2, 0.25) is 0 Å². The van der Waals surface area contributed by atoms with Crippen LogP contribution in [0.3, 0.4) is 0 Å². The molecule has 9 heavy (non-hydrogen) atoms. The SMILES string of the molecule is CCSSN(C)C(=O)Cl. The molecule has 0 N–H and O–H groups in total. The molecular formula is C4H8ClNOS2. The molecule has 0 heterocycles. The smallest absolute Gasteiger partial charge is 0.267 e. The number of nitrogens with zero attached hydrogens (tertiary/aromatic N) is 1. The van der Waals surface area contributed by atoms with Gasteiger partial charge in [0.15, 0.2) is 0 Å². The molecule has 0 fully saturated rings. The number of amides is 1. The second kappa shape index (κ2) is 5.26. The first-order valence-electron chi connectivity index (χ1n) is 2.41. The molecule has 0 aliphatic heterocycles. The standard InChI is InChI=1S/C4H8ClNOS2/c1-3-8-9-6(2)4(5)7/h3H2,1-2H3. The van der Waals surface area contributed by atoms with E-state index in [0.717, 1.165) is 5.75 Å². The van der Waals surface area contributed by atoms with Gasteiger partial charge < -0.3 is 0 Å². The number of rotatable bonds is 3. The highest BCUT2D eigenvalue weighted by Gasteiger charge is 2.02. The molecule has 5 heteroatoms. The summed E-state index contributed by atoms with van der Waals surface area (Å²) in [7, 11) is 4.58. The number of hydrogen-bond donors (Lipinski definition) is 0. The molecule has 0 bridgehead atoms. The number of carbonyl (C=O) groups excluding carboxylic acids is 1. The molecule has 54 valence electrons. The van der Waals surface area contributed by atoms with Crippen LogP contribution in [0, 0.1) is 0 Å². The molecule has 0 unspecified atom stereocenters. The molecule has 0 saturated carbocycles. The van der Waals surface area contributed by atoms with Crippen LogP contribution in [0.25, 0.3) is 0 Å². The minimum Gasteiger partial charge on any atom is -0.267 e. The Morgan fingerprint density at radius 3 is 2.67 bits per heavy atom. The van der Waals surface area contributed by atoms with Gasteiger partial charge in [-0.1, -0.05) is 17.7 Å². The first kappa shape index (κ1) is 9.46. The highest BCUT2D eigenvalue weighted by molar-refractivity contribution is 8.75. The fraction of sp³-hybridized carbons (Fsp3) is 0.750. The fourth-order valence-corrected chi connectivity index (χ4v) is 1.70. The van der Waals surface area contributed by atoms with E-state index >= 15 is 0 Å². The summed E-state index contributed by atoms with van der Waals surface area (Å²) in [4.78, 5) is 10.3.